The average Bonchev–Trinajstić information content (AvgIpc) is 2.58. The van der Waals surface area contributed by atoms with Crippen LogP contribution in [0.25, 0.3) is 0 Å². The van der Waals surface area contributed by atoms with Gasteiger partial charge in [-0.15, -0.1) is 0 Å². The van der Waals surface area contributed by atoms with E-state index >= 15 is 0 Å². The first-order chi connectivity index (χ1) is 12.8. The van der Waals surface area contributed by atoms with Crippen LogP contribution in [0.15, 0.2) is 47.6 Å². The predicted molar refractivity (Wildman–Crippen MR) is 108 cm³/mol. The van der Waals surface area contributed by atoms with Crippen molar-refractivity contribution in [3.63, 3.8) is 0 Å². The first-order valence-electron chi connectivity index (χ1n) is 8.17. The van der Waals surface area contributed by atoms with Crippen LogP contribution < -0.4 is 15.5 Å². The number of amides is 2. The zero-order chi connectivity index (χ0) is 19.8. The van der Waals surface area contributed by atoms with Crippen molar-refractivity contribution in [2.24, 2.45) is 5.10 Å². The Morgan fingerprint density at radius 2 is 1.89 bits per heavy atom. The first kappa shape index (κ1) is 20.7. The number of carbonyl (C=O) groups excluding carboxylic acids is 2. The van der Waals surface area contributed by atoms with E-state index in [0.717, 1.165) is 5.56 Å². The Morgan fingerprint density at radius 3 is 2.59 bits per heavy atom. The Labute approximate surface area is 167 Å². The molecule has 0 aromatic heterocycles. The molecule has 142 valence electrons. The van der Waals surface area contributed by atoms with Crippen LogP contribution in [0, 0.1) is 0 Å². The third-order valence-electron chi connectivity index (χ3n) is 3.16. The molecule has 0 aliphatic carbocycles. The summed E-state index contributed by atoms with van der Waals surface area (Å²) in [4.78, 5) is 23.7. The van der Waals surface area contributed by atoms with Crippen LogP contribution >= 0.6 is 23.2 Å². The number of carbonyl (C=O) groups is 2. The predicted octanol–water partition coefficient (Wildman–Crippen LogP) is 4.26. The maximum Gasteiger partial charge on any atom is 0.249 e. The molecule has 8 heteroatoms. The van der Waals surface area contributed by atoms with Gasteiger partial charge in [-0.3, -0.25) is 9.59 Å². The molecule has 0 aliphatic heterocycles. The van der Waals surface area contributed by atoms with Gasteiger partial charge in [-0.1, -0.05) is 35.3 Å². The highest BCUT2D eigenvalue weighted by atomic mass is 35.5. The number of ether oxygens (including phenoxy) is 1. The van der Waals surface area contributed by atoms with Gasteiger partial charge >= 0.3 is 0 Å². The molecule has 0 atom stereocenters. The molecule has 0 bridgehead atoms. The molecule has 0 saturated heterocycles. The third kappa shape index (κ3) is 7.29. The molecule has 2 aromatic carbocycles. The highest BCUT2D eigenvalue weighted by Gasteiger charge is 2.10. The molecule has 0 fully saturated rings. The number of halogens is 2. The van der Waals surface area contributed by atoms with Crippen molar-refractivity contribution < 1.29 is 14.3 Å². The fourth-order valence-corrected chi connectivity index (χ4v) is 2.38. The van der Waals surface area contributed by atoms with Crippen LogP contribution in [0.5, 0.6) is 5.75 Å². The molecule has 6 nitrogen and oxygen atoms in total. The number of benzene rings is 2. The largest absolute Gasteiger partial charge is 0.491 e. The lowest BCUT2D eigenvalue weighted by Crippen LogP contribution is -2.24. The molecule has 0 saturated carbocycles. The lowest BCUT2D eigenvalue weighted by molar-refractivity contribution is -0.126. The molecule has 2 rings (SSSR count). The smallest absolute Gasteiger partial charge is 0.249 e. The van der Waals surface area contributed by atoms with Gasteiger partial charge in [0, 0.05) is 5.69 Å². The van der Waals surface area contributed by atoms with Gasteiger partial charge in [-0.25, -0.2) is 5.43 Å². The van der Waals surface area contributed by atoms with Crippen molar-refractivity contribution >= 4 is 46.9 Å². The number of nitrogens with zero attached hydrogens (tertiary/aromatic N) is 1. The van der Waals surface area contributed by atoms with Gasteiger partial charge in [-0.05, 0) is 49.7 Å². The minimum Gasteiger partial charge on any atom is -0.491 e. The van der Waals surface area contributed by atoms with Gasteiger partial charge < -0.3 is 10.1 Å². The molecular formula is C19H19Cl2N3O3. The fourth-order valence-electron chi connectivity index (χ4n) is 2.08. The average molecular weight is 408 g/mol. The van der Waals surface area contributed by atoms with Gasteiger partial charge in [0.15, 0.2) is 0 Å². The highest BCUT2D eigenvalue weighted by Crippen LogP contribution is 2.25. The summed E-state index contributed by atoms with van der Waals surface area (Å²) in [6, 6.07) is 11.9. The molecule has 0 heterocycles. The lowest BCUT2D eigenvalue weighted by Gasteiger charge is -2.09. The van der Waals surface area contributed by atoms with E-state index < -0.39 is 11.8 Å². The summed E-state index contributed by atoms with van der Waals surface area (Å²) < 4.78 is 5.59. The highest BCUT2D eigenvalue weighted by molar-refractivity contribution is 6.42. The van der Waals surface area contributed by atoms with Gasteiger partial charge in [0.05, 0.1) is 22.4 Å². The van der Waals surface area contributed by atoms with Crippen LogP contribution in [0.4, 0.5) is 5.69 Å². The van der Waals surface area contributed by atoms with Crippen LogP contribution in [0.1, 0.15) is 25.8 Å². The van der Waals surface area contributed by atoms with Gasteiger partial charge in [0.2, 0.25) is 11.8 Å². The van der Waals surface area contributed by atoms with Crippen molar-refractivity contribution in [3.05, 3.63) is 58.1 Å². The van der Waals surface area contributed by atoms with Crippen LogP contribution in [-0.2, 0) is 9.59 Å². The molecule has 27 heavy (non-hydrogen) atoms. The summed E-state index contributed by atoms with van der Waals surface area (Å²) in [5.41, 5.74) is 3.52. The van der Waals surface area contributed by atoms with E-state index in [0.29, 0.717) is 21.5 Å². The van der Waals surface area contributed by atoms with E-state index in [2.05, 4.69) is 15.8 Å². The minimum atomic E-state index is -0.543. The van der Waals surface area contributed by atoms with Gasteiger partial charge in [0.1, 0.15) is 12.2 Å². The molecule has 2 N–H and O–H groups in total. The molecular weight excluding hydrogens is 389 g/mol. The SMILES string of the molecule is CC(C)Oc1cccc(C=NNC(=O)CC(=O)Nc2ccc(Cl)c(Cl)c2)c1. The first-order valence-corrected chi connectivity index (χ1v) is 8.92. The standard InChI is InChI=1S/C19H19Cl2N3O3/c1-12(2)27-15-5-3-4-13(8-15)11-22-24-19(26)10-18(25)23-14-6-7-16(20)17(21)9-14/h3-9,11-12H,10H2,1-2H3,(H,23,25)(H,24,26). The van der Waals surface area contributed by atoms with Crippen molar-refractivity contribution in [2.45, 2.75) is 26.4 Å². The summed E-state index contributed by atoms with van der Waals surface area (Å²) in [5, 5.41) is 7.10. The second kappa shape index (κ2) is 9.94. The molecule has 0 radical (unpaired) electrons. The van der Waals surface area contributed by atoms with E-state index in [1.165, 1.54) is 12.3 Å². The van der Waals surface area contributed by atoms with Crippen molar-refractivity contribution in [1.29, 1.82) is 0 Å². The zero-order valence-electron chi connectivity index (χ0n) is 14.8. The number of anilines is 1. The second-order valence-electron chi connectivity index (χ2n) is 5.89. The molecule has 0 aliphatic rings. The number of hydrazone groups is 1. The second-order valence-corrected chi connectivity index (χ2v) is 6.70. The maximum absolute atomic E-state index is 11.9. The topological polar surface area (TPSA) is 79.8 Å². The molecule has 0 spiro atoms. The fraction of sp³-hybridized carbons (Fsp3) is 0.211. The summed E-state index contributed by atoms with van der Waals surface area (Å²) in [6.07, 6.45) is 1.15. The van der Waals surface area contributed by atoms with E-state index in [4.69, 9.17) is 27.9 Å². The summed E-state index contributed by atoms with van der Waals surface area (Å²) >= 11 is 11.7. The van der Waals surface area contributed by atoms with Crippen LogP contribution in [-0.4, -0.2) is 24.1 Å². The van der Waals surface area contributed by atoms with Crippen LogP contribution in [0.3, 0.4) is 0 Å². The Bertz CT molecular complexity index is 854. The Morgan fingerprint density at radius 1 is 1.11 bits per heavy atom. The Hall–Kier alpha value is -2.57. The number of rotatable bonds is 7. The van der Waals surface area contributed by atoms with Crippen molar-refractivity contribution in [1.82, 2.24) is 5.43 Å². The van der Waals surface area contributed by atoms with E-state index in [1.54, 1.807) is 18.2 Å². The monoisotopic (exact) mass is 407 g/mol. The summed E-state index contributed by atoms with van der Waals surface area (Å²) in [6.45, 7) is 3.87. The molecule has 0 unspecified atom stereocenters. The minimum absolute atomic E-state index is 0.0610. The zero-order valence-corrected chi connectivity index (χ0v) is 16.3. The lowest BCUT2D eigenvalue weighted by atomic mass is 10.2. The van der Waals surface area contributed by atoms with Crippen molar-refractivity contribution in [3.8, 4) is 5.75 Å². The van der Waals surface area contributed by atoms with Gasteiger partial charge in [-0.2, -0.15) is 5.10 Å². The normalized spacial score (nSPS) is 10.9. The summed E-state index contributed by atoms with van der Waals surface area (Å²) in [7, 11) is 0. The third-order valence-corrected chi connectivity index (χ3v) is 3.90. The van der Waals surface area contributed by atoms with E-state index in [1.807, 2.05) is 32.0 Å². The Balaban J connectivity index is 1.83. The molecule has 2 aromatic rings. The maximum atomic E-state index is 11.9. The van der Waals surface area contributed by atoms with Gasteiger partial charge in [0.25, 0.3) is 0 Å². The number of hydrogen-bond donors (Lipinski definition) is 2. The number of hydrogen-bond acceptors (Lipinski definition) is 4. The van der Waals surface area contributed by atoms with E-state index in [-0.39, 0.29) is 12.5 Å². The number of nitrogens with one attached hydrogen (secondary N) is 2. The summed E-state index contributed by atoms with van der Waals surface area (Å²) in [5.74, 6) is -0.326. The Kier molecular flexibility index (Phi) is 7.64. The molecule has 2 amide bonds. The quantitative estimate of drug-likeness (QED) is 0.408. The van der Waals surface area contributed by atoms with Crippen molar-refractivity contribution in [2.75, 3.05) is 5.32 Å². The van der Waals surface area contributed by atoms with E-state index in [9.17, 15) is 9.59 Å². The van der Waals surface area contributed by atoms with Crippen LogP contribution in [0.2, 0.25) is 10.0 Å².